The highest BCUT2D eigenvalue weighted by Crippen LogP contribution is 2.35. The number of benzene rings is 2. The molecule has 0 aliphatic carbocycles. The summed E-state index contributed by atoms with van der Waals surface area (Å²) in [7, 11) is -7.98. The number of Topliss-reactive ketones (excluding diaryl/α,β-unsaturated/α-hetero) is 1. The van der Waals surface area contributed by atoms with E-state index >= 15 is 0 Å². The summed E-state index contributed by atoms with van der Waals surface area (Å²) in [5.41, 5.74) is -1.12. The van der Waals surface area contributed by atoms with E-state index in [-0.39, 0.29) is 28.6 Å². The van der Waals surface area contributed by atoms with Crippen molar-refractivity contribution in [2.24, 2.45) is 0 Å². The van der Waals surface area contributed by atoms with Crippen LogP contribution >= 0.6 is 23.4 Å². The molecule has 1 N–H and O–H groups in total. The Morgan fingerprint density at radius 3 is 2.31 bits per heavy atom. The third-order valence-corrected chi connectivity index (χ3v) is 11.5. The fourth-order valence-electron chi connectivity index (χ4n) is 4.22. The molecule has 15 heteroatoms. The summed E-state index contributed by atoms with van der Waals surface area (Å²) in [6.45, 7) is 2.58. The van der Waals surface area contributed by atoms with Gasteiger partial charge in [-0.2, -0.15) is 13.2 Å². The van der Waals surface area contributed by atoms with E-state index in [9.17, 15) is 34.8 Å². The zero-order chi connectivity index (χ0) is 30.7. The maximum atomic E-state index is 13.0. The molecule has 226 valence electrons. The van der Waals surface area contributed by atoms with Gasteiger partial charge in [0.05, 0.1) is 20.7 Å². The van der Waals surface area contributed by atoms with Crippen LogP contribution in [0.5, 0.6) is 0 Å². The highest BCUT2D eigenvalue weighted by molar-refractivity contribution is 7.99. The minimum absolute atomic E-state index is 0.0144. The molecule has 0 saturated carbocycles. The number of rotatable bonds is 10. The molecule has 0 bridgehead atoms. The summed E-state index contributed by atoms with van der Waals surface area (Å²) < 4.78 is 98.2. The van der Waals surface area contributed by atoms with Gasteiger partial charge in [-0.05, 0) is 73.9 Å². The number of sulfone groups is 1. The van der Waals surface area contributed by atoms with E-state index in [0.717, 1.165) is 17.8 Å². The molecule has 2 heterocycles. The fraction of sp³-hybridized carbons (Fsp3) is 0.333. The Morgan fingerprint density at radius 2 is 1.71 bits per heavy atom. The van der Waals surface area contributed by atoms with Gasteiger partial charge in [-0.1, -0.05) is 30.3 Å². The maximum Gasteiger partial charge on any atom is 0.416 e. The van der Waals surface area contributed by atoms with Gasteiger partial charge in [-0.3, -0.25) is 9.52 Å². The van der Waals surface area contributed by atoms with Crippen LogP contribution < -0.4 is 4.72 Å². The predicted molar refractivity (Wildman–Crippen MR) is 152 cm³/mol. The zero-order valence-electron chi connectivity index (χ0n) is 22.1. The second-order valence-corrected chi connectivity index (χ2v) is 14.8. The molecular formula is C27H26ClF3N2O6S3. The van der Waals surface area contributed by atoms with Gasteiger partial charge in [-0.15, -0.1) is 0 Å². The first-order valence-corrected chi connectivity index (χ1v) is 17.0. The molecule has 0 radical (unpaired) electrons. The maximum absolute atomic E-state index is 13.0. The van der Waals surface area contributed by atoms with E-state index in [2.05, 4.69) is 9.71 Å². The van der Waals surface area contributed by atoms with E-state index < -0.39 is 46.8 Å². The number of nitrogens with zero attached hydrogens (tertiary/aromatic N) is 1. The molecule has 0 spiro atoms. The molecule has 8 nitrogen and oxygen atoms in total. The first kappa shape index (κ1) is 32.3. The van der Waals surface area contributed by atoms with E-state index in [1.165, 1.54) is 24.3 Å². The van der Waals surface area contributed by atoms with Crippen molar-refractivity contribution in [2.45, 2.75) is 63.6 Å². The lowest BCUT2D eigenvalue weighted by Gasteiger charge is -2.22. The average Bonchev–Trinajstić information content (AvgIpc) is 2.94. The molecular weight excluding hydrogens is 637 g/mol. The van der Waals surface area contributed by atoms with Gasteiger partial charge in [0.15, 0.2) is 15.6 Å². The lowest BCUT2D eigenvalue weighted by Crippen LogP contribution is -2.28. The minimum Gasteiger partial charge on any atom is -0.381 e. The second kappa shape index (κ2) is 12.9. The van der Waals surface area contributed by atoms with Crippen molar-refractivity contribution in [1.29, 1.82) is 0 Å². The fourth-order valence-corrected chi connectivity index (χ4v) is 8.40. The van der Waals surface area contributed by atoms with Crippen molar-refractivity contribution >= 4 is 54.8 Å². The number of carbonyl (C=O) groups is 1. The molecule has 1 fully saturated rings. The number of hydrogen-bond donors (Lipinski definition) is 1. The molecule has 1 aromatic heterocycles. The topological polar surface area (TPSA) is 119 Å². The molecule has 1 saturated heterocycles. The van der Waals surface area contributed by atoms with Crippen LogP contribution in [-0.4, -0.2) is 46.1 Å². The Labute approximate surface area is 251 Å². The lowest BCUT2D eigenvalue weighted by atomic mass is 10.1. The number of anilines is 1. The van der Waals surface area contributed by atoms with Crippen LogP contribution in [0.4, 0.5) is 19.0 Å². The lowest BCUT2D eigenvalue weighted by molar-refractivity contribution is -0.137. The highest BCUT2D eigenvalue weighted by Gasteiger charge is 2.32. The Hall–Kier alpha value is -2.65. The van der Waals surface area contributed by atoms with Gasteiger partial charge in [0.1, 0.15) is 16.4 Å². The summed E-state index contributed by atoms with van der Waals surface area (Å²) in [5, 5.41) is -1.14. The molecule has 42 heavy (non-hydrogen) atoms. The van der Waals surface area contributed by atoms with E-state index in [1.54, 1.807) is 19.1 Å². The number of aromatic nitrogens is 1. The number of sulfonamides is 1. The number of halogens is 4. The van der Waals surface area contributed by atoms with Crippen LogP contribution in [0.1, 0.15) is 48.7 Å². The SMILES string of the molecule is CCCC(=O)c1nc(NS(=O)(=O)c2ccc(C(F)(F)F)cc2Cl)ccc1Sc1ccc(S(=O)(=O)C2CCOCC2)cc1. The summed E-state index contributed by atoms with van der Waals surface area (Å²) in [5.74, 6) is -0.583. The third-order valence-electron chi connectivity index (χ3n) is 6.37. The molecule has 2 aromatic carbocycles. The summed E-state index contributed by atoms with van der Waals surface area (Å²) in [6.07, 6.45) is -3.23. The van der Waals surface area contributed by atoms with Gasteiger partial charge in [0.25, 0.3) is 10.0 Å². The van der Waals surface area contributed by atoms with Crippen LogP contribution in [0.2, 0.25) is 5.02 Å². The normalized spacial score (nSPS) is 15.0. The Balaban J connectivity index is 1.59. The van der Waals surface area contributed by atoms with Crippen molar-refractivity contribution in [2.75, 3.05) is 17.9 Å². The zero-order valence-corrected chi connectivity index (χ0v) is 25.4. The quantitative estimate of drug-likeness (QED) is 0.240. The first-order valence-electron chi connectivity index (χ1n) is 12.8. The summed E-state index contributed by atoms with van der Waals surface area (Å²) >= 11 is 7.02. The minimum atomic E-state index is -4.71. The van der Waals surface area contributed by atoms with Gasteiger partial charge in [-0.25, -0.2) is 21.8 Å². The van der Waals surface area contributed by atoms with Gasteiger partial charge < -0.3 is 4.74 Å². The summed E-state index contributed by atoms with van der Waals surface area (Å²) in [4.78, 5) is 17.8. The Morgan fingerprint density at radius 1 is 1.05 bits per heavy atom. The number of hydrogen-bond acceptors (Lipinski definition) is 8. The smallest absolute Gasteiger partial charge is 0.381 e. The van der Waals surface area contributed by atoms with Crippen LogP contribution in [0.3, 0.4) is 0 Å². The van der Waals surface area contributed by atoms with Crippen molar-refractivity contribution in [1.82, 2.24) is 4.98 Å². The third kappa shape index (κ3) is 7.46. The molecule has 0 atom stereocenters. The van der Waals surface area contributed by atoms with Crippen LogP contribution in [0.15, 0.2) is 74.2 Å². The van der Waals surface area contributed by atoms with Gasteiger partial charge in [0, 0.05) is 29.4 Å². The van der Waals surface area contributed by atoms with Crippen LogP contribution in [0.25, 0.3) is 0 Å². The van der Waals surface area contributed by atoms with Crippen molar-refractivity contribution in [3.63, 3.8) is 0 Å². The number of ether oxygens (including phenoxy) is 1. The number of alkyl halides is 3. The highest BCUT2D eigenvalue weighted by atomic mass is 35.5. The molecule has 0 amide bonds. The number of ketones is 1. The first-order chi connectivity index (χ1) is 19.7. The van der Waals surface area contributed by atoms with E-state index in [1.807, 2.05) is 0 Å². The molecule has 0 unspecified atom stereocenters. The molecule has 1 aliphatic rings. The van der Waals surface area contributed by atoms with Crippen LogP contribution in [0, 0.1) is 0 Å². The largest absolute Gasteiger partial charge is 0.416 e. The van der Waals surface area contributed by atoms with Crippen molar-refractivity contribution in [3.05, 3.63) is 70.9 Å². The van der Waals surface area contributed by atoms with Crippen LogP contribution in [-0.2, 0) is 30.8 Å². The molecule has 1 aliphatic heterocycles. The monoisotopic (exact) mass is 662 g/mol. The average molecular weight is 663 g/mol. The van der Waals surface area contributed by atoms with Crippen molar-refractivity contribution < 1.29 is 39.5 Å². The van der Waals surface area contributed by atoms with Gasteiger partial charge in [0.2, 0.25) is 0 Å². The Kier molecular flexibility index (Phi) is 9.93. The molecule has 3 aromatic rings. The van der Waals surface area contributed by atoms with E-state index in [0.29, 0.717) is 54.4 Å². The summed E-state index contributed by atoms with van der Waals surface area (Å²) in [6, 6.07) is 10.9. The Bertz CT molecular complexity index is 1680. The van der Waals surface area contributed by atoms with E-state index in [4.69, 9.17) is 16.3 Å². The molecule has 4 rings (SSSR count). The van der Waals surface area contributed by atoms with Crippen molar-refractivity contribution in [3.8, 4) is 0 Å². The predicted octanol–water partition coefficient (Wildman–Crippen LogP) is 6.64. The number of pyridine rings is 1. The second-order valence-electron chi connectivity index (χ2n) is 9.40. The standard InChI is InChI=1S/C27H26ClF3N2O6S3/c1-2-3-22(34)26-23(40-18-5-7-19(8-6-18)41(35,36)20-12-14-39-15-13-20)9-11-25(32-26)33-42(37,38)24-10-4-17(16-21(24)28)27(29,30)31/h4-11,16,20H,2-3,12-15H2,1H3,(H,32,33). The number of nitrogens with one attached hydrogen (secondary N) is 1. The number of carbonyl (C=O) groups excluding carboxylic acids is 1. The van der Waals surface area contributed by atoms with Gasteiger partial charge >= 0.3 is 6.18 Å².